The summed E-state index contributed by atoms with van der Waals surface area (Å²) in [6.45, 7) is 9.31. The van der Waals surface area contributed by atoms with Crippen LogP contribution in [0.2, 0.25) is 0 Å². The minimum Gasteiger partial charge on any atom is -0.311 e. The second-order valence-electron chi connectivity index (χ2n) is 8.96. The molecule has 0 radical (unpaired) electrons. The van der Waals surface area contributed by atoms with Crippen molar-refractivity contribution in [3.8, 4) is 0 Å². The Bertz CT molecular complexity index is 237. The molecule has 0 aliphatic carbocycles. The van der Waals surface area contributed by atoms with Crippen LogP contribution in [0.4, 0.5) is 0 Å². The molecule has 1 N–H and O–H groups in total. The second kappa shape index (κ2) is 22.3. The Morgan fingerprint density at radius 3 is 1.04 bits per heavy atom. The summed E-state index contributed by atoms with van der Waals surface area (Å²) in [6.07, 6.45) is 28.2. The molecular weight excluding hydrogens is 326 g/mol. The molecule has 0 aliphatic heterocycles. The predicted molar refractivity (Wildman–Crippen MR) is 126 cm³/mol. The average molecular weight is 382 g/mol. The van der Waals surface area contributed by atoms with E-state index in [1.54, 1.807) is 0 Å². The van der Waals surface area contributed by atoms with Crippen LogP contribution in [0.15, 0.2) is 0 Å². The summed E-state index contributed by atoms with van der Waals surface area (Å²) < 4.78 is 0. The lowest BCUT2D eigenvalue weighted by atomic mass is 9.98. The van der Waals surface area contributed by atoms with Crippen molar-refractivity contribution in [2.24, 2.45) is 0 Å². The first kappa shape index (κ1) is 27.0. The fourth-order valence-electron chi connectivity index (χ4n) is 4.35. The molecule has 2 atom stereocenters. The molecule has 0 aliphatic rings. The first-order valence-corrected chi connectivity index (χ1v) is 13.0. The summed E-state index contributed by atoms with van der Waals surface area (Å²) in [7, 11) is 0. The van der Waals surface area contributed by atoms with Crippen LogP contribution < -0.4 is 5.32 Å². The number of nitrogens with one attached hydrogen (secondary N) is 1. The van der Waals surface area contributed by atoms with Crippen LogP contribution in [0, 0.1) is 0 Å². The van der Waals surface area contributed by atoms with Crippen LogP contribution in [0.25, 0.3) is 0 Å². The van der Waals surface area contributed by atoms with Crippen LogP contribution in [0.3, 0.4) is 0 Å². The summed E-state index contributed by atoms with van der Waals surface area (Å²) >= 11 is 0. The van der Waals surface area contributed by atoms with E-state index in [0.29, 0.717) is 0 Å². The first-order valence-electron chi connectivity index (χ1n) is 13.0. The molecule has 0 saturated heterocycles. The van der Waals surface area contributed by atoms with Gasteiger partial charge in [-0.15, -0.1) is 0 Å². The zero-order valence-electron chi connectivity index (χ0n) is 19.8. The third kappa shape index (κ3) is 19.1. The molecule has 1 heteroatoms. The molecule has 0 saturated carbocycles. The van der Waals surface area contributed by atoms with Crippen molar-refractivity contribution in [2.45, 2.75) is 168 Å². The lowest BCUT2D eigenvalue weighted by molar-refractivity contribution is 0.340. The van der Waals surface area contributed by atoms with Gasteiger partial charge in [0.2, 0.25) is 0 Å². The van der Waals surface area contributed by atoms with Crippen molar-refractivity contribution in [1.29, 1.82) is 0 Å². The van der Waals surface area contributed by atoms with Crippen LogP contribution in [0.5, 0.6) is 0 Å². The largest absolute Gasteiger partial charge is 0.311 e. The summed E-state index contributed by atoms with van der Waals surface area (Å²) in [5, 5.41) is 4.08. The molecule has 164 valence electrons. The van der Waals surface area contributed by atoms with E-state index in [-0.39, 0.29) is 0 Å². The molecular formula is C26H55N. The normalized spacial score (nSPS) is 13.8. The third-order valence-electron chi connectivity index (χ3n) is 6.06. The summed E-state index contributed by atoms with van der Waals surface area (Å²) in [5.74, 6) is 0. The van der Waals surface area contributed by atoms with E-state index in [0.717, 1.165) is 12.1 Å². The molecule has 0 fully saturated rings. The highest BCUT2D eigenvalue weighted by Gasteiger charge is 2.14. The molecule has 0 bridgehead atoms. The topological polar surface area (TPSA) is 12.0 Å². The molecule has 0 amide bonds. The van der Waals surface area contributed by atoms with Gasteiger partial charge in [0.05, 0.1) is 0 Å². The van der Waals surface area contributed by atoms with Gasteiger partial charge >= 0.3 is 0 Å². The van der Waals surface area contributed by atoms with E-state index in [2.05, 4.69) is 33.0 Å². The fourth-order valence-corrected chi connectivity index (χ4v) is 4.35. The molecule has 27 heavy (non-hydrogen) atoms. The second-order valence-corrected chi connectivity index (χ2v) is 8.96. The van der Waals surface area contributed by atoms with Gasteiger partial charge in [-0.3, -0.25) is 0 Å². The van der Waals surface area contributed by atoms with Crippen LogP contribution in [0.1, 0.15) is 156 Å². The molecule has 0 rings (SSSR count). The monoisotopic (exact) mass is 381 g/mol. The molecule has 2 unspecified atom stereocenters. The highest BCUT2D eigenvalue weighted by Crippen LogP contribution is 2.16. The Hall–Kier alpha value is -0.0400. The smallest absolute Gasteiger partial charge is 0.00695 e. The maximum absolute atomic E-state index is 4.08. The van der Waals surface area contributed by atoms with Gasteiger partial charge in [-0.1, -0.05) is 130 Å². The average Bonchev–Trinajstić information content (AvgIpc) is 2.66. The lowest BCUT2D eigenvalue weighted by Gasteiger charge is -2.26. The van der Waals surface area contributed by atoms with E-state index in [1.807, 2.05) is 0 Å². The minimum atomic E-state index is 0.770. The number of unbranched alkanes of at least 4 members (excludes halogenated alkanes) is 12. The molecule has 0 heterocycles. The first-order chi connectivity index (χ1) is 13.3. The van der Waals surface area contributed by atoms with Crippen molar-refractivity contribution < 1.29 is 0 Å². The SMILES string of the molecule is CCCCCCCCCC(CCC)NC(CCC)CCCCCCCCC. The molecule has 0 aromatic rings. The van der Waals surface area contributed by atoms with Gasteiger partial charge in [0.25, 0.3) is 0 Å². The Morgan fingerprint density at radius 2 is 0.704 bits per heavy atom. The molecule has 0 aromatic heterocycles. The molecule has 1 nitrogen and oxygen atoms in total. The summed E-state index contributed by atoms with van der Waals surface area (Å²) in [4.78, 5) is 0. The number of hydrogen-bond acceptors (Lipinski definition) is 1. The van der Waals surface area contributed by atoms with Crippen molar-refractivity contribution in [1.82, 2.24) is 5.32 Å². The maximum atomic E-state index is 4.08. The van der Waals surface area contributed by atoms with Gasteiger partial charge in [-0.2, -0.15) is 0 Å². The lowest BCUT2D eigenvalue weighted by Crippen LogP contribution is -2.38. The summed E-state index contributed by atoms with van der Waals surface area (Å²) in [6, 6.07) is 1.54. The minimum absolute atomic E-state index is 0.770. The number of hydrogen-bond donors (Lipinski definition) is 1. The van der Waals surface area contributed by atoms with Crippen LogP contribution in [-0.2, 0) is 0 Å². The zero-order valence-corrected chi connectivity index (χ0v) is 19.8. The van der Waals surface area contributed by atoms with Crippen molar-refractivity contribution in [2.75, 3.05) is 0 Å². The quantitative estimate of drug-likeness (QED) is 0.184. The van der Waals surface area contributed by atoms with E-state index < -0.39 is 0 Å². The van der Waals surface area contributed by atoms with Crippen LogP contribution in [-0.4, -0.2) is 12.1 Å². The van der Waals surface area contributed by atoms with Crippen LogP contribution >= 0.6 is 0 Å². The van der Waals surface area contributed by atoms with Crippen molar-refractivity contribution in [3.63, 3.8) is 0 Å². The Morgan fingerprint density at radius 1 is 0.370 bits per heavy atom. The van der Waals surface area contributed by atoms with Gasteiger partial charge in [-0.25, -0.2) is 0 Å². The third-order valence-corrected chi connectivity index (χ3v) is 6.06. The Labute approximate surface area is 173 Å². The van der Waals surface area contributed by atoms with E-state index in [9.17, 15) is 0 Å². The van der Waals surface area contributed by atoms with E-state index in [1.165, 1.54) is 128 Å². The van der Waals surface area contributed by atoms with E-state index >= 15 is 0 Å². The van der Waals surface area contributed by atoms with Gasteiger partial charge in [-0.05, 0) is 25.7 Å². The number of rotatable bonds is 22. The Balaban J connectivity index is 3.95. The maximum Gasteiger partial charge on any atom is 0.00695 e. The molecule has 0 spiro atoms. The highest BCUT2D eigenvalue weighted by molar-refractivity contribution is 4.74. The van der Waals surface area contributed by atoms with Gasteiger partial charge < -0.3 is 5.32 Å². The molecule has 0 aromatic carbocycles. The van der Waals surface area contributed by atoms with Gasteiger partial charge in [0.15, 0.2) is 0 Å². The van der Waals surface area contributed by atoms with Crippen molar-refractivity contribution >= 4 is 0 Å². The van der Waals surface area contributed by atoms with Crippen molar-refractivity contribution in [3.05, 3.63) is 0 Å². The highest BCUT2D eigenvalue weighted by atomic mass is 14.9. The zero-order chi connectivity index (χ0) is 20.0. The predicted octanol–water partition coefficient (Wildman–Crippen LogP) is 9.19. The Kier molecular flexibility index (Phi) is 22.2. The van der Waals surface area contributed by atoms with Gasteiger partial charge in [0, 0.05) is 12.1 Å². The summed E-state index contributed by atoms with van der Waals surface area (Å²) in [5.41, 5.74) is 0. The van der Waals surface area contributed by atoms with Gasteiger partial charge in [0.1, 0.15) is 0 Å². The standard InChI is InChI=1S/C26H55N/c1-5-9-11-13-15-17-19-23-25(21-7-3)27-26(22-8-4)24-20-18-16-14-12-10-6-2/h25-27H,5-24H2,1-4H3. The van der Waals surface area contributed by atoms with E-state index in [4.69, 9.17) is 0 Å². The fraction of sp³-hybridized carbons (Fsp3) is 1.00.